The van der Waals surface area contributed by atoms with Gasteiger partial charge in [-0.3, -0.25) is 0 Å². The molecular formula is CH4CeO3. The smallest absolute Gasteiger partial charge is 0.263 e. The molecule has 5 heavy (non-hydrogen) atoms. The molecule has 0 aliphatic carbocycles. The van der Waals surface area contributed by atoms with Crippen LogP contribution in [0, 0.1) is 41.7 Å². The van der Waals surface area contributed by atoms with Crippen LogP contribution in [0.2, 0.25) is 0 Å². The summed E-state index contributed by atoms with van der Waals surface area (Å²) in [5.41, 5.74) is 0. The van der Waals surface area contributed by atoms with Gasteiger partial charge in [0.05, 0.1) is 0 Å². The van der Waals surface area contributed by atoms with Gasteiger partial charge in [-0.1, -0.05) is 0 Å². The van der Waals surface area contributed by atoms with E-state index in [0.29, 0.717) is 0 Å². The SMILES string of the molecule is OC(O)O.[Ce]. The van der Waals surface area contributed by atoms with Crippen LogP contribution in [0.1, 0.15) is 0 Å². The summed E-state index contributed by atoms with van der Waals surface area (Å²) in [6.07, 6.45) is 0. The number of hydrogen-bond donors (Lipinski definition) is 3. The third kappa shape index (κ3) is 35.3. The number of aliphatic hydroxyl groups is 3. The van der Waals surface area contributed by atoms with Crippen LogP contribution in [0.4, 0.5) is 0 Å². The van der Waals surface area contributed by atoms with Crippen molar-refractivity contribution >= 4 is 0 Å². The summed E-state index contributed by atoms with van der Waals surface area (Å²) >= 11 is 0. The van der Waals surface area contributed by atoms with Gasteiger partial charge in [0.15, 0.2) is 0 Å². The largest absolute Gasteiger partial charge is 0.346 e. The van der Waals surface area contributed by atoms with E-state index in [4.69, 9.17) is 15.3 Å². The molecule has 3 N–H and O–H groups in total. The van der Waals surface area contributed by atoms with E-state index in [1.165, 1.54) is 0 Å². The molecule has 3 nitrogen and oxygen atoms in total. The van der Waals surface area contributed by atoms with Crippen molar-refractivity contribution in [3.05, 3.63) is 0 Å². The quantitative estimate of drug-likeness (QED) is 0.410. The first kappa shape index (κ1) is 9.54. The summed E-state index contributed by atoms with van der Waals surface area (Å²) < 4.78 is 0. The van der Waals surface area contributed by atoms with E-state index in [0.717, 1.165) is 0 Å². The average molecular weight is 204 g/mol. The summed E-state index contributed by atoms with van der Waals surface area (Å²) in [6.45, 7) is -2.17. The van der Waals surface area contributed by atoms with E-state index in [9.17, 15) is 0 Å². The predicted octanol–water partition coefficient (Wildman–Crippen LogP) is -1.75. The van der Waals surface area contributed by atoms with Gasteiger partial charge in [-0.25, -0.2) is 0 Å². The van der Waals surface area contributed by atoms with Crippen LogP contribution in [-0.4, -0.2) is 21.8 Å². The Kier molecular flexibility index (Phi) is 10.0. The Hall–Kier alpha value is 1.26. The fourth-order valence-electron chi connectivity index (χ4n) is 0. The summed E-state index contributed by atoms with van der Waals surface area (Å²) in [4.78, 5) is 0. The van der Waals surface area contributed by atoms with Crippen molar-refractivity contribution in [3.63, 3.8) is 0 Å². The summed E-state index contributed by atoms with van der Waals surface area (Å²) in [7, 11) is 0. The molecule has 0 atom stereocenters. The molecule has 0 amide bonds. The van der Waals surface area contributed by atoms with Crippen LogP contribution in [0.15, 0.2) is 0 Å². The molecule has 30 valence electrons. The van der Waals surface area contributed by atoms with Crippen LogP contribution < -0.4 is 0 Å². The Morgan fingerprint density at radius 3 is 1.00 bits per heavy atom. The first-order chi connectivity index (χ1) is 1.73. The van der Waals surface area contributed by atoms with Crippen molar-refractivity contribution < 1.29 is 57.1 Å². The number of aliphatic hydroxyl groups excluding tert-OH is 1. The van der Waals surface area contributed by atoms with Crippen molar-refractivity contribution in [2.24, 2.45) is 0 Å². The van der Waals surface area contributed by atoms with Crippen molar-refractivity contribution in [2.75, 3.05) is 0 Å². The molecule has 0 aromatic heterocycles. The maximum atomic E-state index is 7.17. The Labute approximate surface area is 63.0 Å². The molecule has 0 unspecified atom stereocenters. The third-order valence-electron chi connectivity index (χ3n) is 0. The van der Waals surface area contributed by atoms with Gasteiger partial charge in [0.2, 0.25) is 0 Å². The Morgan fingerprint density at radius 1 is 1.00 bits per heavy atom. The molecule has 0 aromatic rings. The molecule has 0 rings (SSSR count). The normalized spacial score (nSPS) is 7.20. The van der Waals surface area contributed by atoms with Crippen molar-refractivity contribution in [3.8, 4) is 0 Å². The molecule has 0 aliphatic heterocycles. The first-order valence-corrected chi connectivity index (χ1v) is 0.775. The van der Waals surface area contributed by atoms with Crippen molar-refractivity contribution in [1.82, 2.24) is 0 Å². The molecule has 0 radical (unpaired) electrons. The second-order valence-corrected chi connectivity index (χ2v) is 0.346. The van der Waals surface area contributed by atoms with Crippen molar-refractivity contribution in [2.45, 2.75) is 6.48 Å². The Balaban J connectivity index is 0. The summed E-state index contributed by atoms with van der Waals surface area (Å²) in [6, 6.07) is 0. The topological polar surface area (TPSA) is 60.7 Å². The number of rotatable bonds is 0. The van der Waals surface area contributed by atoms with Crippen LogP contribution >= 0.6 is 0 Å². The van der Waals surface area contributed by atoms with Gasteiger partial charge < -0.3 is 15.3 Å². The zero-order valence-electron chi connectivity index (χ0n) is 2.42. The first-order valence-electron chi connectivity index (χ1n) is 0.775. The number of hydrogen-bond acceptors (Lipinski definition) is 3. The molecule has 0 saturated heterocycles. The van der Waals surface area contributed by atoms with Crippen LogP contribution in [0.5, 0.6) is 0 Å². The fourth-order valence-corrected chi connectivity index (χ4v) is 0. The van der Waals surface area contributed by atoms with Gasteiger partial charge in [0, 0.05) is 41.7 Å². The maximum Gasteiger partial charge on any atom is 0.263 e. The zero-order chi connectivity index (χ0) is 3.58. The monoisotopic (exact) mass is 204 g/mol. The minimum Gasteiger partial charge on any atom is -0.346 e. The van der Waals surface area contributed by atoms with Gasteiger partial charge in [0.1, 0.15) is 0 Å². The second kappa shape index (κ2) is 5.26. The molecule has 0 spiro atoms. The molecule has 0 saturated carbocycles. The predicted molar refractivity (Wildman–Crippen MR) is 10.4 cm³/mol. The third-order valence-corrected chi connectivity index (χ3v) is 0. The molecular weight excluding hydrogens is 200 g/mol. The second-order valence-electron chi connectivity index (χ2n) is 0.346. The van der Waals surface area contributed by atoms with Gasteiger partial charge in [0.25, 0.3) is 6.48 Å². The van der Waals surface area contributed by atoms with Crippen LogP contribution in [-0.2, 0) is 0 Å². The minimum atomic E-state index is -2.17. The van der Waals surface area contributed by atoms with Gasteiger partial charge in [-0.15, -0.1) is 0 Å². The van der Waals surface area contributed by atoms with E-state index in [-0.39, 0.29) is 41.7 Å². The van der Waals surface area contributed by atoms with Gasteiger partial charge >= 0.3 is 0 Å². The van der Waals surface area contributed by atoms with E-state index < -0.39 is 6.48 Å². The van der Waals surface area contributed by atoms with E-state index in [1.807, 2.05) is 0 Å². The van der Waals surface area contributed by atoms with E-state index in [1.54, 1.807) is 0 Å². The molecule has 0 fully saturated rings. The van der Waals surface area contributed by atoms with Crippen LogP contribution in [0.3, 0.4) is 0 Å². The molecule has 0 aromatic carbocycles. The molecule has 0 heterocycles. The Morgan fingerprint density at radius 2 is 1.00 bits per heavy atom. The summed E-state index contributed by atoms with van der Waals surface area (Å²) in [5, 5.41) is 21.5. The summed E-state index contributed by atoms with van der Waals surface area (Å²) in [5.74, 6) is 0. The van der Waals surface area contributed by atoms with E-state index in [2.05, 4.69) is 0 Å². The molecule has 0 aliphatic rings. The maximum absolute atomic E-state index is 7.17. The van der Waals surface area contributed by atoms with Crippen LogP contribution in [0.25, 0.3) is 0 Å². The van der Waals surface area contributed by atoms with Crippen molar-refractivity contribution in [1.29, 1.82) is 0 Å². The molecule has 0 bridgehead atoms. The standard InChI is InChI=1S/CH4O3.Ce/c2-1(3)4;/h1-4H;. The van der Waals surface area contributed by atoms with Gasteiger partial charge in [-0.05, 0) is 0 Å². The average Bonchev–Trinajstić information content (AvgIpc) is 0.811. The minimum absolute atomic E-state index is 0. The fraction of sp³-hybridized carbons (Fsp3) is 1.00. The van der Waals surface area contributed by atoms with E-state index >= 15 is 0 Å². The van der Waals surface area contributed by atoms with Gasteiger partial charge in [-0.2, -0.15) is 0 Å². The molecule has 4 heteroatoms. The zero-order valence-corrected chi connectivity index (χ0v) is 5.56. The Bertz CT molecular complexity index is 11.6.